The fraction of sp³-hybridized carbons (Fsp3) is 0.286. The summed E-state index contributed by atoms with van der Waals surface area (Å²) in [6.45, 7) is 3.82. The molecule has 0 unspecified atom stereocenters. The summed E-state index contributed by atoms with van der Waals surface area (Å²) < 4.78 is 0. The highest BCUT2D eigenvalue weighted by Crippen LogP contribution is 2.47. The van der Waals surface area contributed by atoms with Crippen LogP contribution in [0.3, 0.4) is 0 Å². The fourth-order valence-electron chi connectivity index (χ4n) is 4.19. The summed E-state index contributed by atoms with van der Waals surface area (Å²) in [5.41, 5.74) is 2.80. The number of rotatable bonds is 3. The average molecular weight is 380 g/mol. The molecule has 2 aliphatic rings. The van der Waals surface area contributed by atoms with Crippen molar-refractivity contribution in [2.24, 2.45) is 11.8 Å². The van der Waals surface area contributed by atoms with E-state index >= 15 is 0 Å². The van der Waals surface area contributed by atoms with Crippen LogP contribution >= 0.6 is 0 Å². The Morgan fingerprint density at radius 3 is 2.32 bits per heavy atom. The number of nitrogens with zero attached hydrogens (tertiary/aromatic N) is 1. The molecule has 2 fully saturated rings. The maximum Gasteiger partial charge on any atom is 0.321 e. The Bertz CT molecular complexity index is 1000. The van der Waals surface area contributed by atoms with Crippen molar-refractivity contribution in [1.29, 1.82) is 0 Å². The van der Waals surface area contributed by atoms with Crippen molar-refractivity contribution >= 4 is 23.5 Å². The predicted octanol–water partition coefficient (Wildman–Crippen LogP) is 1.91. The number of hydrogen-bond donors (Lipinski definition) is 3. The lowest BCUT2D eigenvalue weighted by molar-refractivity contribution is -0.142. The number of hydrogen-bond acceptors (Lipinski definition) is 5. The monoisotopic (exact) mass is 380 g/mol. The summed E-state index contributed by atoms with van der Waals surface area (Å²) in [4.78, 5) is 39.2. The average Bonchev–Trinajstić information content (AvgIpc) is 3.16. The van der Waals surface area contributed by atoms with Gasteiger partial charge in [-0.1, -0.05) is 24.3 Å². The van der Waals surface area contributed by atoms with Gasteiger partial charge in [-0.15, -0.1) is 0 Å². The van der Waals surface area contributed by atoms with E-state index in [1.54, 1.807) is 30.3 Å². The number of phenolic OH excluding ortho intramolecular Hbond substituents is 1. The molecule has 0 saturated carbocycles. The minimum atomic E-state index is -1.21. The number of carbonyl (C=O) groups is 3. The fourth-order valence-corrected chi connectivity index (χ4v) is 4.19. The number of aromatic hydroxyl groups is 1. The molecule has 0 aliphatic carbocycles. The van der Waals surface area contributed by atoms with Gasteiger partial charge in [-0.3, -0.25) is 19.7 Å². The standard InChI is InChI=1S/C21H20N2O5/c1-10-7-8-12(9-11(10)2)23-19(25)15-16(20(23)26)18(21(27)28)22-17(15)13-5-3-4-6-14(13)24/h3-9,15-18,22,24H,1-2H3,(H,27,28)/t15-,16+,17-,18-/m1/s1. The quantitative estimate of drug-likeness (QED) is 0.703. The van der Waals surface area contributed by atoms with Gasteiger partial charge in [0, 0.05) is 11.6 Å². The van der Waals surface area contributed by atoms with Crippen LogP contribution in [0, 0.1) is 25.7 Å². The van der Waals surface area contributed by atoms with E-state index in [4.69, 9.17) is 0 Å². The van der Waals surface area contributed by atoms with Crippen LogP contribution in [0.1, 0.15) is 22.7 Å². The molecule has 2 amide bonds. The van der Waals surface area contributed by atoms with Crippen LogP contribution in [0.25, 0.3) is 0 Å². The molecule has 3 N–H and O–H groups in total. The Morgan fingerprint density at radius 2 is 1.68 bits per heavy atom. The molecule has 2 aromatic rings. The summed E-state index contributed by atoms with van der Waals surface area (Å²) in [5.74, 6) is -4.16. The third-order valence-corrected chi connectivity index (χ3v) is 5.76. The maximum atomic E-state index is 13.2. The SMILES string of the molecule is Cc1ccc(N2C(=O)[C@@H]3[C@H](C2=O)[C@H](C(=O)O)N[C@@H]3c2ccccc2O)cc1C. The highest BCUT2D eigenvalue weighted by molar-refractivity contribution is 6.23. The second kappa shape index (κ2) is 6.45. The number of phenols is 1. The van der Waals surface area contributed by atoms with Gasteiger partial charge in [0.05, 0.1) is 17.5 Å². The third-order valence-electron chi connectivity index (χ3n) is 5.76. The van der Waals surface area contributed by atoms with E-state index in [9.17, 15) is 24.6 Å². The van der Waals surface area contributed by atoms with Gasteiger partial charge < -0.3 is 10.2 Å². The smallest absolute Gasteiger partial charge is 0.321 e. The highest BCUT2D eigenvalue weighted by Gasteiger charge is 2.61. The lowest BCUT2D eigenvalue weighted by Gasteiger charge is -2.22. The molecule has 2 aromatic carbocycles. The first kappa shape index (κ1) is 18.2. The topological polar surface area (TPSA) is 107 Å². The zero-order valence-electron chi connectivity index (χ0n) is 15.4. The normalized spacial score (nSPS) is 26.6. The number of benzene rings is 2. The number of nitrogens with one attached hydrogen (secondary N) is 1. The molecule has 0 bridgehead atoms. The molecular formula is C21H20N2O5. The van der Waals surface area contributed by atoms with E-state index in [0.29, 0.717) is 11.3 Å². The van der Waals surface area contributed by atoms with E-state index in [1.165, 1.54) is 6.07 Å². The van der Waals surface area contributed by atoms with Crippen LogP contribution in [0.4, 0.5) is 5.69 Å². The number of carbonyl (C=O) groups excluding carboxylic acids is 2. The molecule has 144 valence electrons. The van der Waals surface area contributed by atoms with Crippen LogP contribution in [0.2, 0.25) is 0 Å². The molecular weight excluding hydrogens is 360 g/mol. The molecule has 4 atom stereocenters. The van der Waals surface area contributed by atoms with Crippen molar-refractivity contribution in [3.8, 4) is 5.75 Å². The number of aryl methyl sites for hydroxylation is 2. The van der Waals surface area contributed by atoms with E-state index in [1.807, 2.05) is 19.9 Å². The van der Waals surface area contributed by atoms with Crippen molar-refractivity contribution in [2.75, 3.05) is 4.90 Å². The second-order valence-electron chi connectivity index (χ2n) is 7.35. The first-order valence-electron chi connectivity index (χ1n) is 9.03. The molecule has 2 saturated heterocycles. The van der Waals surface area contributed by atoms with Crippen molar-refractivity contribution in [2.45, 2.75) is 25.9 Å². The highest BCUT2D eigenvalue weighted by atomic mass is 16.4. The van der Waals surface area contributed by atoms with E-state index in [2.05, 4.69) is 5.32 Å². The zero-order valence-corrected chi connectivity index (χ0v) is 15.4. The van der Waals surface area contributed by atoms with Gasteiger partial charge in [-0.25, -0.2) is 4.90 Å². The number of anilines is 1. The molecule has 28 heavy (non-hydrogen) atoms. The molecule has 0 spiro atoms. The molecule has 2 heterocycles. The van der Waals surface area contributed by atoms with Crippen molar-refractivity contribution in [3.05, 3.63) is 59.2 Å². The first-order chi connectivity index (χ1) is 13.3. The third kappa shape index (κ3) is 2.58. The minimum Gasteiger partial charge on any atom is -0.508 e. The van der Waals surface area contributed by atoms with E-state index in [-0.39, 0.29) is 5.75 Å². The lowest BCUT2D eigenvalue weighted by Crippen LogP contribution is -2.43. The number of carboxylic acid groups (broad SMARTS) is 1. The number of amides is 2. The lowest BCUT2D eigenvalue weighted by atomic mass is 9.86. The van der Waals surface area contributed by atoms with Crippen molar-refractivity contribution in [3.63, 3.8) is 0 Å². The molecule has 7 nitrogen and oxygen atoms in total. The summed E-state index contributed by atoms with van der Waals surface area (Å²) in [5, 5.41) is 22.7. The Balaban J connectivity index is 1.80. The summed E-state index contributed by atoms with van der Waals surface area (Å²) >= 11 is 0. The Labute approximate surface area is 161 Å². The van der Waals surface area contributed by atoms with Crippen LogP contribution in [-0.2, 0) is 14.4 Å². The maximum absolute atomic E-state index is 13.2. The van der Waals surface area contributed by atoms with E-state index in [0.717, 1.165) is 16.0 Å². The van der Waals surface area contributed by atoms with Crippen LogP contribution in [0.15, 0.2) is 42.5 Å². The van der Waals surface area contributed by atoms with Gasteiger partial charge in [-0.05, 0) is 43.2 Å². The van der Waals surface area contributed by atoms with Gasteiger partial charge in [0.15, 0.2) is 0 Å². The van der Waals surface area contributed by atoms with Gasteiger partial charge in [0.25, 0.3) is 0 Å². The first-order valence-corrected chi connectivity index (χ1v) is 9.03. The molecule has 7 heteroatoms. The predicted molar refractivity (Wildman–Crippen MR) is 101 cm³/mol. The number of carboxylic acids is 1. The molecule has 0 radical (unpaired) electrons. The number of para-hydroxylation sites is 1. The van der Waals surface area contributed by atoms with E-state index < -0.39 is 41.7 Å². The number of imide groups is 1. The van der Waals surface area contributed by atoms with Gasteiger partial charge in [0.2, 0.25) is 11.8 Å². The largest absolute Gasteiger partial charge is 0.508 e. The number of fused-ring (bicyclic) bond motifs is 1. The Hall–Kier alpha value is -3.19. The van der Waals surface area contributed by atoms with Crippen molar-refractivity contribution in [1.82, 2.24) is 5.32 Å². The van der Waals surface area contributed by atoms with Crippen LogP contribution in [0.5, 0.6) is 5.75 Å². The summed E-state index contributed by atoms with van der Waals surface area (Å²) in [6.07, 6.45) is 0. The van der Waals surface area contributed by atoms with Gasteiger partial charge in [0.1, 0.15) is 11.8 Å². The Morgan fingerprint density at radius 1 is 1.00 bits per heavy atom. The van der Waals surface area contributed by atoms with Gasteiger partial charge >= 0.3 is 5.97 Å². The van der Waals surface area contributed by atoms with Crippen LogP contribution < -0.4 is 10.2 Å². The minimum absolute atomic E-state index is 0.0466. The number of aliphatic carboxylic acids is 1. The Kier molecular flexibility index (Phi) is 4.19. The molecule has 4 rings (SSSR count). The molecule has 2 aliphatic heterocycles. The van der Waals surface area contributed by atoms with Crippen molar-refractivity contribution < 1.29 is 24.6 Å². The molecule has 0 aromatic heterocycles. The van der Waals surface area contributed by atoms with Crippen LogP contribution in [-0.4, -0.2) is 34.0 Å². The summed E-state index contributed by atoms with van der Waals surface area (Å²) in [6, 6.07) is 9.75. The zero-order chi connectivity index (χ0) is 20.2. The van der Waals surface area contributed by atoms with Gasteiger partial charge in [-0.2, -0.15) is 0 Å². The second-order valence-corrected chi connectivity index (χ2v) is 7.35. The summed E-state index contributed by atoms with van der Waals surface area (Å²) in [7, 11) is 0.